The molecule has 30 heavy (non-hydrogen) atoms. The second-order valence-electron chi connectivity index (χ2n) is 7.65. The number of amides is 1. The van der Waals surface area contributed by atoms with Crippen LogP contribution < -0.4 is 5.32 Å². The Bertz CT molecular complexity index is 459. The molecule has 176 valence electrons. The molecule has 0 heterocycles. The van der Waals surface area contributed by atoms with Crippen LogP contribution in [0.1, 0.15) is 90.4 Å². The van der Waals surface area contributed by atoms with Gasteiger partial charge in [-0.1, -0.05) is 70.4 Å². The standard InChI is InChI=1S/C23H43NO5S/c1-3-4-5-6-7-8-9-10-11-12-13-16-21(20(25)15-14-17-22(26)27)30-19-18-24-23(28)29-2/h13,16,20-21,25H,3-12,14-15,17-19H2,1-2H3,(H,24,28)(H,26,27)/t20-,21+/m0/s1. The molecule has 1 amide bonds. The van der Waals surface area contributed by atoms with Crippen LogP contribution in [0.3, 0.4) is 0 Å². The van der Waals surface area contributed by atoms with E-state index in [1.807, 2.05) is 6.08 Å². The predicted molar refractivity (Wildman–Crippen MR) is 125 cm³/mol. The number of methoxy groups -OCH3 is 1. The number of thioether (sulfide) groups is 1. The molecule has 0 saturated heterocycles. The highest BCUT2D eigenvalue weighted by atomic mass is 32.2. The second-order valence-corrected chi connectivity index (χ2v) is 8.94. The van der Waals surface area contributed by atoms with Gasteiger partial charge in [0.2, 0.25) is 0 Å². The monoisotopic (exact) mass is 445 g/mol. The van der Waals surface area contributed by atoms with Crippen LogP contribution in [-0.4, -0.2) is 53.0 Å². The molecule has 6 nitrogen and oxygen atoms in total. The van der Waals surface area contributed by atoms with Crippen molar-refractivity contribution in [3.63, 3.8) is 0 Å². The van der Waals surface area contributed by atoms with Gasteiger partial charge in [-0.2, -0.15) is 0 Å². The van der Waals surface area contributed by atoms with E-state index in [-0.39, 0.29) is 11.7 Å². The molecule has 0 rings (SSSR count). The number of carboxylic acids is 1. The summed E-state index contributed by atoms with van der Waals surface area (Å²) in [5.41, 5.74) is 0. The third kappa shape index (κ3) is 18.8. The molecule has 0 radical (unpaired) electrons. The van der Waals surface area contributed by atoms with Crippen LogP contribution in [0.4, 0.5) is 4.79 Å². The van der Waals surface area contributed by atoms with Crippen molar-refractivity contribution in [1.82, 2.24) is 5.32 Å². The lowest BCUT2D eigenvalue weighted by atomic mass is 10.1. The highest BCUT2D eigenvalue weighted by Gasteiger charge is 2.17. The number of aliphatic hydroxyl groups excluding tert-OH is 1. The van der Waals surface area contributed by atoms with E-state index in [4.69, 9.17) is 5.11 Å². The van der Waals surface area contributed by atoms with Crippen molar-refractivity contribution >= 4 is 23.8 Å². The molecule has 0 aliphatic carbocycles. The van der Waals surface area contributed by atoms with Gasteiger partial charge in [-0.25, -0.2) is 4.79 Å². The SMILES string of the molecule is CCCCCCCCCCCC=C[C@@H](SCCNC(=O)OC)[C@@H](O)CCCC(=O)O. The quantitative estimate of drug-likeness (QED) is 0.168. The smallest absolute Gasteiger partial charge is 0.406 e. The largest absolute Gasteiger partial charge is 0.481 e. The van der Waals surface area contributed by atoms with Gasteiger partial charge < -0.3 is 20.3 Å². The first-order valence-electron chi connectivity index (χ1n) is 11.5. The fourth-order valence-corrected chi connectivity index (χ4v) is 4.22. The summed E-state index contributed by atoms with van der Waals surface area (Å²) in [5.74, 6) is -0.187. The minimum absolute atomic E-state index is 0.0699. The first-order chi connectivity index (χ1) is 14.5. The topological polar surface area (TPSA) is 95.9 Å². The van der Waals surface area contributed by atoms with E-state index in [2.05, 4.69) is 23.1 Å². The van der Waals surface area contributed by atoms with Crippen LogP contribution in [-0.2, 0) is 9.53 Å². The van der Waals surface area contributed by atoms with Crippen molar-refractivity contribution in [2.75, 3.05) is 19.4 Å². The van der Waals surface area contributed by atoms with Gasteiger partial charge in [-0.05, 0) is 25.7 Å². The number of aliphatic carboxylic acids is 1. The van der Waals surface area contributed by atoms with Crippen molar-refractivity contribution in [3.8, 4) is 0 Å². The molecule has 0 saturated carbocycles. The highest BCUT2D eigenvalue weighted by molar-refractivity contribution is 8.00. The Hall–Kier alpha value is -1.21. The number of aliphatic hydroxyl groups is 1. The average Bonchev–Trinajstić information content (AvgIpc) is 2.72. The molecule has 0 fully saturated rings. The van der Waals surface area contributed by atoms with Gasteiger partial charge in [-0.15, -0.1) is 11.8 Å². The Morgan fingerprint density at radius 3 is 2.27 bits per heavy atom. The summed E-state index contributed by atoms with van der Waals surface area (Å²) in [7, 11) is 1.33. The van der Waals surface area contributed by atoms with Crippen molar-refractivity contribution in [2.24, 2.45) is 0 Å². The molecule has 7 heteroatoms. The number of ether oxygens (including phenoxy) is 1. The van der Waals surface area contributed by atoms with Crippen molar-refractivity contribution in [1.29, 1.82) is 0 Å². The average molecular weight is 446 g/mol. The van der Waals surface area contributed by atoms with Gasteiger partial charge in [0, 0.05) is 24.0 Å². The summed E-state index contributed by atoms with van der Waals surface area (Å²) in [6.45, 7) is 2.70. The lowest BCUT2D eigenvalue weighted by Gasteiger charge is -2.19. The van der Waals surface area contributed by atoms with Gasteiger partial charge in [0.05, 0.1) is 13.2 Å². The highest BCUT2D eigenvalue weighted by Crippen LogP contribution is 2.21. The van der Waals surface area contributed by atoms with Gasteiger partial charge >= 0.3 is 12.1 Å². The lowest BCUT2D eigenvalue weighted by Crippen LogP contribution is -2.27. The van der Waals surface area contributed by atoms with E-state index >= 15 is 0 Å². The Morgan fingerprint density at radius 1 is 1.03 bits per heavy atom. The molecule has 0 aliphatic heterocycles. The molecular weight excluding hydrogens is 402 g/mol. The van der Waals surface area contributed by atoms with Gasteiger partial charge in [0.15, 0.2) is 0 Å². The number of nitrogens with one attached hydrogen (secondary N) is 1. The number of carboxylic acid groups (broad SMARTS) is 1. The number of alkyl carbamates (subject to hydrolysis) is 1. The van der Waals surface area contributed by atoms with Crippen molar-refractivity contribution in [2.45, 2.75) is 102 Å². The minimum atomic E-state index is -0.838. The zero-order chi connectivity index (χ0) is 22.5. The predicted octanol–water partition coefficient (Wildman–Crippen LogP) is 5.54. The molecular formula is C23H43NO5S. The Morgan fingerprint density at radius 2 is 1.67 bits per heavy atom. The number of allylic oxidation sites excluding steroid dienone is 1. The Kier molecular flexibility index (Phi) is 20.2. The number of hydrogen-bond acceptors (Lipinski definition) is 5. The number of rotatable bonds is 20. The summed E-state index contributed by atoms with van der Waals surface area (Å²) >= 11 is 1.57. The summed E-state index contributed by atoms with van der Waals surface area (Å²) in [6, 6.07) is 0. The molecule has 0 aliphatic rings. The van der Waals surface area contributed by atoms with Crippen molar-refractivity contribution in [3.05, 3.63) is 12.2 Å². The molecule has 2 atom stereocenters. The van der Waals surface area contributed by atoms with Crippen LogP contribution in [0.2, 0.25) is 0 Å². The zero-order valence-corrected chi connectivity index (χ0v) is 19.8. The molecule has 0 aromatic carbocycles. The number of carbonyl (C=O) groups excluding carboxylic acids is 1. The first-order valence-corrected chi connectivity index (χ1v) is 12.6. The minimum Gasteiger partial charge on any atom is -0.481 e. The zero-order valence-electron chi connectivity index (χ0n) is 18.9. The van der Waals surface area contributed by atoms with Gasteiger partial charge in [-0.3, -0.25) is 4.79 Å². The number of carbonyl (C=O) groups is 2. The van der Waals surface area contributed by atoms with E-state index in [0.29, 0.717) is 25.1 Å². The molecule has 0 spiro atoms. The Labute approximate surface area is 187 Å². The molecule has 0 aromatic rings. The summed E-state index contributed by atoms with van der Waals surface area (Å²) in [4.78, 5) is 21.8. The van der Waals surface area contributed by atoms with Crippen LogP contribution >= 0.6 is 11.8 Å². The first kappa shape index (κ1) is 28.8. The molecule has 0 unspecified atom stereocenters. The van der Waals surface area contributed by atoms with E-state index < -0.39 is 18.2 Å². The van der Waals surface area contributed by atoms with Crippen molar-refractivity contribution < 1.29 is 24.5 Å². The summed E-state index contributed by atoms with van der Waals surface area (Å²) in [5, 5.41) is 21.8. The fourth-order valence-electron chi connectivity index (χ4n) is 3.15. The molecule has 0 bridgehead atoms. The van der Waals surface area contributed by atoms with E-state index in [0.717, 1.165) is 12.8 Å². The summed E-state index contributed by atoms with van der Waals surface area (Å²) < 4.78 is 4.55. The van der Waals surface area contributed by atoms with Crippen LogP contribution in [0, 0.1) is 0 Å². The van der Waals surface area contributed by atoms with Gasteiger partial charge in [0.25, 0.3) is 0 Å². The maximum absolute atomic E-state index is 11.1. The van der Waals surface area contributed by atoms with E-state index in [9.17, 15) is 14.7 Å². The molecule has 3 N–H and O–H groups in total. The lowest BCUT2D eigenvalue weighted by molar-refractivity contribution is -0.137. The number of hydrogen-bond donors (Lipinski definition) is 3. The normalized spacial score (nSPS) is 13.3. The third-order valence-corrected chi connectivity index (χ3v) is 6.23. The second kappa shape index (κ2) is 21.0. The van der Waals surface area contributed by atoms with E-state index in [1.165, 1.54) is 58.5 Å². The number of unbranched alkanes of at least 4 members (excludes halogenated alkanes) is 9. The molecule has 0 aromatic heterocycles. The maximum Gasteiger partial charge on any atom is 0.406 e. The fraction of sp³-hybridized carbons (Fsp3) is 0.826. The van der Waals surface area contributed by atoms with Gasteiger partial charge in [0.1, 0.15) is 0 Å². The van der Waals surface area contributed by atoms with Crippen LogP contribution in [0.5, 0.6) is 0 Å². The maximum atomic E-state index is 11.1. The summed E-state index contributed by atoms with van der Waals surface area (Å²) in [6.07, 6.45) is 16.8. The van der Waals surface area contributed by atoms with E-state index in [1.54, 1.807) is 11.8 Å². The van der Waals surface area contributed by atoms with Crippen LogP contribution in [0.15, 0.2) is 12.2 Å². The van der Waals surface area contributed by atoms with Crippen LogP contribution in [0.25, 0.3) is 0 Å². The third-order valence-electron chi connectivity index (χ3n) is 4.94. The Balaban J connectivity index is 4.13.